The first kappa shape index (κ1) is 22.4. The highest BCUT2D eigenvalue weighted by atomic mass is 35.5. The van der Waals surface area contributed by atoms with Gasteiger partial charge in [-0.25, -0.2) is 8.42 Å². The van der Waals surface area contributed by atoms with Crippen molar-refractivity contribution < 1.29 is 22.7 Å². The summed E-state index contributed by atoms with van der Waals surface area (Å²) in [5.74, 6) is 0.922. The number of sulfonamides is 1. The summed E-state index contributed by atoms with van der Waals surface area (Å²) < 4.78 is 37.7. The summed E-state index contributed by atoms with van der Waals surface area (Å²) in [5.41, 5.74) is 0.763. The minimum atomic E-state index is -3.59. The van der Waals surface area contributed by atoms with Gasteiger partial charge in [0.25, 0.3) is 0 Å². The lowest BCUT2D eigenvalue weighted by molar-refractivity contribution is -0.126. The van der Waals surface area contributed by atoms with Gasteiger partial charge < -0.3 is 14.8 Å². The van der Waals surface area contributed by atoms with E-state index in [1.165, 1.54) is 16.4 Å². The number of nitrogens with zero attached hydrogens (tertiary/aromatic N) is 1. The van der Waals surface area contributed by atoms with E-state index in [1.54, 1.807) is 26.4 Å². The highest BCUT2D eigenvalue weighted by molar-refractivity contribution is 7.89. The first-order valence-corrected chi connectivity index (χ1v) is 11.4. The zero-order chi connectivity index (χ0) is 21.7. The smallest absolute Gasteiger partial charge is 0.243 e. The number of carbonyl (C=O) groups is 1. The van der Waals surface area contributed by atoms with E-state index in [-0.39, 0.29) is 23.3 Å². The van der Waals surface area contributed by atoms with Crippen LogP contribution in [0.1, 0.15) is 18.4 Å². The number of rotatable bonds is 7. The van der Waals surface area contributed by atoms with Crippen LogP contribution in [0.3, 0.4) is 0 Å². The second-order valence-corrected chi connectivity index (χ2v) is 9.37. The molecule has 0 bridgehead atoms. The van der Waals surface area contributed by atoms with Crippen LogP contribution in [0.25, 0.3) is 0 Å². The predicted octanol–water partition coefficient (Wildman–Crippen LogP) is 3.07. The number of hydrogen-bond acceptors (Lipinski definition) is 5. The van der Waals surface area contributed by atoms with Gasteiger partial charge in [-0.15, -0.1) is 0 Å². The van der Waals surface area contributed by atoms with Gasteiger partial charge in [-0.1, -0.05) is 17.7 Å². The molecule has 0 aromatic heterocycles. The maximum atomic E-state index is 12.8. The Labute approximate surface area is 182 Å². The van der Waals surface area contributed by atoms with Gasteiger partial charge in [0.15, 0.2) is 0 Å². The molecule has 162 valence electrons. The summed E-state index contributed by atoms with van der Waals surface area (Å²) in [6, 6.07) is 11.5. The molecule has 0 spiro atoms. The summed E-state index contributed by atoms with van der Waals surface area (Å²) in [5, 5.41) is 3.41. The number of hydrogen-bond donors (Lipinski definition) is 1. The van der Waals surface area contributed by atoms with E-state index in [1.807, 2.05) is 18.2 Å². The molecule has 0 radical (unpaired) electrons. The van der Waals surface area contributed by atoms with Crippen LogP contribution in [0.4, 0.5) is 0 Å². The first-order chi connectivity index (χ1) is 14.4. The summed E-state index contributed by atoms with van der Waals surface area (Å²) in [7, 11) is -0.458. The van der Waals surface area contributed by atoms with Crippen LogP contribution >= 0.6 is 11.6 Å². The largest absolute Gasteiger partial charge is 0.496 e. The average Bonchev–Trinajstić information content (AvgIpc) is 2.77. The van der Waals surface area contributed by atoms with E-state index in [4.69, 9.17) is 21.1 Å². The van der Waals surface area contributed by atoms with Gasteiger partial charge >= 0.3 is 0 Å². The molecule has 0 unspecified atom stereocenters. The van der Waals surface area contributed by atoms with Crippen LogP contribution in [0, 0.1) is 5.92 Å². The molecule has 0 aliphatic carbocycles. The van der Waals surface area contributed by atoms with Crippen molar-refractivity contribution in [2.45, 2.75) is 24.3 Å². The number of halogens is 1. The van der Waals surface area contributed by atoms with Crippen molar-refractivity contribution in [3.05, 3.63) is 53.1 Å². The molecule has 2 aromatic rings. The van der Waals surface area contributed by atoms with Gasteiger partial charge in [-0.2, -0.15) is 4.31 Å². The molecule has 7 nitrogen and oxygen atoms in total. The zero-order valence-electron chi connectivity index (χ0n) is 16.9. The third-order valence-electron chi connectivity index (χ3n) is 5.25. The van der Waals surface area contributed by atoms with Crippen LogP contribution in [-0.4, -0.2) is 45.9 Å². The van der Waals surface area contributed by atoms with Crippen molar-refractivity contribution in [3.63, 3.8) is 0 Å². The predicted molar refractivity (Wildman–Crippen MR) is 114 cm³/mol. The second kappa shape index (κ2) is 9.68. The monoisotopic (exact) mass is 452 g/mol. The van der Waals surface area contributed by atoms with Gasteiger partial charge in [0.05, 0.1) is 31.2 Å². The van der Waals surface area contributed by atoms with E-state index in [0.717, 1.165) is 5.56 Å². The third-order valence-corrected chi connectivity index (χ3v) is 7.41. The van der Waals surface area contributed by atoms with Gasteiger partial charge in [-0.3, -0.25) is 4.79 Å². The number of carbonyl (C=O) groups excluding carboxylic acids is 1. The van der Waals surface area contributed by atoms with Gasteiger partial charge in [0.1, 0.15) is 11.5 Å². The molecule has 1 fully saturated rings. The maximum absolute atomic E-state index is 12.8. The van der Waals surface area contributed by atoms with Crippen molar-refractivity contribution >= 4 is 27.5 Å². The molecule has 1 aliphatic heterocycles. The topological polar surface area (TPSA) is 84.9 Å². The SMILES string of the molecule is COc1cccc(OC)c1CNC(=O)C1CCN(S(=O)(=O)c2ccc(Cl)cc2)CC1. The number of piperidine rings is 1. The summed E-state index contributed by atoms with van der Waals surface area (Å²) >= 11 is 5.84. The number of methoxy groups -OCH3 is 2. The lowest BCUT2D eigenvalue weighted by Gasteiger charge is -2.30. The zero-order valence-corrected chi connectivity index (χ0v) is 18.5. The molecule has 1 heterocycles. The van der Waals surface area contributed by atoms with E-state index >= 15 is 0 Å². The van der Waals surface area contributed by atoms with E-state index in [9.17, 15) is 13.2 Å². The lowest BCUT2D eigenvalue weighted by atomic mass is 9.97. The number of benzene rings is 2. The Hall–Kier alpha value is -2.29. The fraction of sp³-hybridized carbons (Fsp3) is 0.381. The highest BCUT2D eigenvalue weighted by Crippen LogP contribution is 2.29. The van der Waals surface area contributed by atoms with Crippen molar-refractivity contribution in [2.75, 3.05) is 27.3 Å². The van der Waals surface area contributed by atoms with E-state index in [2.05, 4.69) is 5.32 Å². The second-order valence-electron chi connectivity index (χ2n) is 6.99. The van der Waals surface area contributed by atoms with Gasteiger partial charge in [-0.05, 0) is 49.2 Å². The summed E-state index contributed by atoms with van der Waals surface area (Å²) in [6.07, 6.45) is 0.920. The molecule has 30 heavy (non-hydrogen) atoms. The average molecular weight is 453 g/mol. The number of amides is 1. The van der Waals surface area contributed by atoms with Crippen LogP contribution in [0.15, 0.2) is 47.4 Å². The van der Waals surface area contributed by atoms with Gasteiger partial charge in [0.2, 0.25) is 15.9 Å². The Bertz CT molecular complexity index is 965. The van der Waals surface area contributed by atoms with Crippen LogP contribution < -0.4 is 14.8 Å². The highest BCUT2D eigenvalue weighted by Gasteiger charge is 2.32. The molecule has 0 saturated carbocycles. The van der Waals surface area contributed by atoms with E-state index < -0.39 is 10.0 Å². The molecule has 1 aliphatic rings. The van der Waals surface area contributed by atoms with Crippen LogP contribution in [0.5, 0.6) is 11.5 Å². The van der Waals surface area contributed by atoms with Crippen molar-refractivity contribution in [3.8, 4) is 11.5 Å². The molecular formula is C21H25ClN2O5S. The number of nitrogens with one attached hydrogen (secondary N) is 1. The number of ether oxygens (including phenoxy) is 2. The van der Waals surface area contributed by atoms with Crippen molar-refractivity contribution in [1.29, 1.82) is 0 Å². The molecular weight excluding hydrogens is 428 g/mol. The minimum absolute atomic E-state index is 0.105. The molecule has 0 atom stereocenters. The Morgan fingerprint density at radius 2 is 1.63 bits per heavy atom. The first-order valence-electron chi connectivity index (χ1n) is 9.60. The minimum Gasteiger partial charge on any atom is -0.496 e. The van der Waals surface area contributed by atoms with E-state index in [0.29, 0.717) is 42.5 Å². The van der Waals surface area contributed by atoms with Crippen LogP contribution in [-0.2, 0) is 21.4 Å². The molecule has 1 saturated heterocycles. The van der Waals surface area contributed by atoms with Crippen LogP contribution in [0.2, 0.25) is 5.02 Å². The van der Waals surface area contributed by atoms with Crippen molar-refractivity contribution in [1.82, 2.24) is 9.62 Å². The Kier molecular flexibility index (Phi) is 7.23. The molecule has 3 rings (SSSR count). The summed E-state index contributed by atoms with van der Waals surface area (Å²) in [6.45, 7) is 0.858. The Balaban J connectivity index is 1.59. The molecule has 2 aromatic carbocycles. The maximum Gasteiger partial charge on any atom is 0.243 e. The third kappa shape index (κ3) is 4.88. The molecule has 1 amide bonds. The normalized spacial score (nSPS) is 15.6. The molecule has 9 heteroatoms. The standard InChI is InChI=1S/C21H25ClN2O5S/c1-28-19-4-3-5-20(29-2)18(19)14-23-21(25)15-10-12-24(13-11-15)30(26,27)17-8-6-16(22)7-9-17/h3-9,15H,10-14H2,1-2H3,(H,23,25). The lowest BCUT2D eigenvalue weighted by Crippen LogP contribution is -2.42. The quantitative estimate of drug-likeness (QED) is 0.697. The fourth-order valence-corrected chi connectivity index (χ4v) is 5.13. The Morgan fingerprint density at radius 1 is 1.07 bits per heavy atom. The molecule has 1 N–H and O–H groups in total. The Morgan fingerprint density at radius 3 is 2.17 bits per heavy atom. The fourth-order valence-electron chi connectivity index (χ4n) is 3.54. The summed E-state index contributed by atoms with van der Waals surface area (Å²) in [4.78, 5) is 12.9. The van der Waals surface area contributed by atoms with Crippen molar-refractivity contribution in [2.24, 2.45) is 5.92 Å². The van der Waals surface area contributed by atoms with Gasteiger partial charge in [0, 0.05) is 24.0 Å².